The molecule has 0 heterocycles. The number of rotatable bonds is 34. The van der Waals surface area contributed by atoms with Crippen molar-refractivity contribution in [3.05, 3.63) is 12.7 Å². The smallest absolute Gasteiger partial charge is 0.330 e. The van der Waals surface area contributed by atoms with Crippen LogP contribution in [0.2, 0.25) is 0 Å². The van der Waals surface area contributed by atoms with Gasteiger partial charge in [0.2, 0.25) is 0 Å². The molecule has 0 aliphatic heterocycles. The van der Waals surface area contributed by atoms with Crippen LogP contribution in [0.25, 0.3) is 0 Å². The van der Waals surface area contributed by atoms with E-state index in [4.69, 9.17) is 52.1 Å². The van der Waals surface area contributed by atoms with E-state index in [0.29, 0.717) is 132 Å². The molecule has 0 unspecified atom stereocenters. The number of likely N-dealkylation sites (N-methyl/N-ethyl adjacent to an activating group) is 1. The second-order valence-corrected chi connectivity index (χ2v) is 8.30. The zero-order chi connectivity index (χ0) is 29.2. The number of hydrogen-bond acceptors (Lipinski definition) is 13. The first kappa shape index (κ1) is 38.8. The molecule has 0 atom stereocenters. The molecule has 0 aromatic heterocycles. The van der Waals surface area contributed by atoms with Crippen LogP contribution >= 0.6 is 0 Å². The normalized spacial score (nSPS) is 11.4. The Labute approximate surface area is 240 Å². The molecule has 0 radical (unpaired) electrons. The molecule has 0 N–H and O–H groups in total. The summed E-state index contributed by atoms with van der Waals surface area (Å²) in [5.41, 5.74) is 0. The van der Waals surface area contributed by atoms with Gasteiger partial charge >= 0.3 is 5.97 Å². The van der Waals surface area contributed by atoms with Gasteiger partial charge in [-0.25, -0.2) is 4.79 Å². The summed E-state index contributed by atoms with van der Waals surface area (Å²) >= 11 is 0. The molecule has 0 amide bonds. The third-order valence-electron chi connectivity index (χ3n) is 4.67. The molecule has 13 nitrogen and oxygen atoms in total. The van der Waals surface area contributed by atoms with Crippen molar-refractivity contribution in [2.45, 2.75) is 0 Å². The highest BCUT2D eigenvalue weighted by Gasteiger charge is 1.97. The van der Waals surface area contributed by atoms with Gasteiger partial charge in [0.25, 0.3) is 0 Å². The minimum atomic E-state index is -0.457. The van der Waals surface area contributed by atoms with E-state index in [9.17, 15) is 4.79 Å². The van der Waals surface area contributed by atoms with E-state index in [1.165, 1.54) is 0 Å². The van der Waals surface area contributed by atoms with Crippen LogP contribution in [0.4, 0.5) is 0 Å². The van der Waals surface area contributed by atoms with Gasteiger partial charge in [0.15, 0.2) is 0 Å². The van der Waals surface area contributed by atoms with Gasteiger partial charge in [-0.15, -0.1) is 0 Å². The Kier molecular flexibility index (Phi) is 32.9. The van der Waals surface area contributed by atoms with E-state index < -0.39 is 5.97 Å². The van der Waals surface area contributed by atoms with Crippen LogP contribution in [0.5, 0.6) is 0 Å². The molecule has 0 rings (SSSR count). The molecule has 238 valence electrons. The summed E-state index contributed by atoms with van der Waals surface area (Å²) in [6, 6.07) is 0. The van der Waals surface area contributed by atoms with Gasteiger partial charge < -0.3 is 57.0 Å². The Bertz CT molecular complexity index is 528. The highest BCUT2D eigenvalue weighted by atomic mass is 16.6. The number of esters is 1. The Hall–Kier alpha value is -1.23. The predicted molar refractivity (Wildman–Crippen MR) is 148 cm³/mol. The molecule has 0 bridgehead atoms. The fraction of sp³-hybridized carbons (Fsp3) is 0.889. The van der Waals surface area contributed by atoms with E-state index >= 15 is 0 Å². The van der Waals surface area contributed by atoms with Crippen molar-refractivity contribution >= 4 is 5.97 Å². The van der Waals surface area contributed by atoms with Crippen molar-refractivity contribution in [1.29, 1.82) is 0 Å². The van der Waals surface area contributed by atoms with E-state index in [0.717, 1.165) is 12.6 Å². The van der Waals surface area contributed by atoms with Gasteiger partial charge in [0.1, 0.15) is 6.61 Å². The maximum atomic E-state index is 10.8. The number of nitrogens with zero attached hydrogens (tertiary/aromatic N) is 1. The molecule has 0 aliphatic carbocycles. The molecule has 40 heavy (non-hydrogen) atoms. The fourth-order valence-electron chi connectivity index (χ4n) is 2.59. The highest BCUT2D eigenvalue weighted by molar-refractivity contribution is 5.81. The van der Waals surface area contributed by atoms with Crippen molar-refractivity contribution in [1.82, 2.24) is 4.90 Å². The average molecular weight is 584 g/mol. The van der Waals surface area contributed by atoms with Crippen molar-refractivity contribution in [3.8, 4) is 0 Å². The maximum absolute atomic E-state index is 10.8. The zero-order valence-corrected chi connectivity index (χ0v) is 24.7. The van der Waals surface area contributed by atoms with E-state index in [1.54, 1.807) is 0 Å². The van der Waals surface area contributed by atoms with Crippen LogP contribution in [-0.2, 0) is 56.9 Å². The van der Waals surface area contributed by atoms with Gasteiger partial charge in [-0.2, -0.15) is 0 Å². The first-order chi connectivity index (χ1) is 19.7. The minimum absolute atomic E-state index is 0.201. The summed E-state index contributed by atoms with van der Waals surface area (Å²) in [6.45, 7) is 14.6. The monoisotopic (exact) mass is 583 g/mol. The molecule has 0 spiro atoms. The molecular weight excluding hydrogens is 530 g/mol. The van der Waals surface area contributed by atoms with E-state index in [1.807, 2.05) is 14.1 Å². The molecule has 0 saturated heterocycles. The molecule has 13 heteroatoms. The van der Waals surface area contributed by atoms with Crippen molar-refractivity contribution in [2.24, 2.45) is 0 Å². The largest absolute Gasteiger partial charge is 0.460 e. The minimum Gasteiger partial charge on any atom is -0.460 e. The summed E-state index contributed by atoms with van der Waals surface area (Å²) in [5.74, 6) is -0.457. The van der Waals surface area contributed by atoms with Crippen LogP contribution in [0, 0.1) is 0 Å². The number of hydrogen-bond donors (Lipinski definition) is 0. The Morgan fingerprint density at radius 1 is 0.450 bits per heavy atom. The van der Waals surface area contributed by atoms with E-state index in [2.05, 4.69) is 11.5 Å². The van der Waals surface area contributed by atoms with Gasteiger partial charge in [-0.1, -0.05) is 6.58 Å². The van der Waals surface area contributed by atoms with E-state index in [-0.39, 0.29) is 6.61 Å². The first-order valence-corrected chi connectivity index (χ1v) is 13.9. The lowest BCUT2D eigenvalue weighted by Gasteiger charge is -2.10. The van der Waals surface area contributed by atoms with Crippen LogP contribution in [0.15, 0.2) is 12.7 Å². The second-order valence-electron chi connectivity index (χ2n) is 8.30. The van der Waals surface area contributed by atoms with Crippen LogP contribution in [0.3, 0.4) is 0 Å². The van der Waals surface area contributed by atoms with Gasteiger partial charge in [0, 0.05) is 12.6 Å². The third kappa shape index (κ3) is 34.8. The van der Waals surface area contributed by atoms with Gasteiger partial charge in [-0.05, 0) is 14.1 Å². The number of ether oxygens (including phenoxy) is 11. The lowest BCUT2D eigenvalue weighted by Crippen LogP contribution is -2.19. The van der Waals surface area contributed by atoms with Gasteiger partial charge in [0.05, 0.1) is 132 Å². The summed E-state index contributed by atoms with van der Waals surface area (Å²) in [5, 5.41) is 0. The van der Waals surface area contributed by atoms with Crippen molar-refractivity contribution in [3.63, 3.8) is 0 Å². The standard InChI is InChI=1S/C27H53NO12/c1-4-27(29)40-26-25-39-24-23-38-22-21-37-20-19-36-18-17-35-16-15-34-14-13-33-12-11-32-10-9-31-8-7-30-6-5-28(2)3/h4H,1,5-26H2,2-3H3. The fourth-order valence-corrected chi connectivity index (χ4v) is 2.59. The maximum Gasteiger partial charge on any atom is 0.330 e. The molecule has 0 saturated carbocycles. The highest BCUT2D eigenvalue weighted by Crippen LogP contribution is 1.87. The molecule has 0 aromatic rings. The Balaban J connectivity index is 3.05. The summed E-state index contributed by atoms with van der Waals surface area (Å²) < 4.78 is 59.0. The number of carbonyl (C=O) groups excluding carboxylic acids is 1. The molecule has 0 aliphatic rings. The molecule has 0 aromatic carbocycles. The first-order valence-electron chi connectivity index (χ1n) is 13.9. The SMILES string of the molecule is C=CC(=O)OCCOCCOCCOCCOCCOCCOCCOCCOCCOCCOCCN(C)C. The zero-order valence-electron chi connectivity index (χ0n) is 24.7. The third-order valence-corrected chi connectivity index (χ3v) is 4.67. The lowest BCUT2D eigenvalue weighted by molar-refractivity contribution is -0.139. The predicted octanol–water partition coefficient (Wildman–Crippen LogP) is 0.443. The lowest BCUT2D eigenvalue weighted by atomic mass is 10.6. The quantitative estimate of drug-likeness (QED) is 0.0592. The summed E-state index contributed by atoms with van der Waals surface area (Å²) in [6.07, 6.45) is 1.11. The van der Waals surface area contributed by atoms with Crippen LogP contribution in [-0.4, -0.2) is 170 Å². The van der Waals surface area contributed by atoms with Crippen molar-refractivity contribution < 1.29 is 56.9 Å². The Morgan fingerprint density at radius 2 is 0.675 bits per heavy atom. The van der Waals surface area contributed by atoms with Crippen LogP contribution < -0.4 is 0 Å². The summed E-state index contributed by atoms with van der Waals surface area (Å²) in [4.78, 5) is 12.9. The second kappa shape index (κ2) is 34.0. The van der Waals surface area contributed by atoms with Gasteiger partial charge in [-0.3, -0.25) is 0 Å². The topological polar surface area (TPSA) is 122 Å². The van der Waals surface area contributed by atoms with Crippen LogP contribution in [0.1, 0.15) is 0 Å². The average Bonchev–Trinajstić information content (AvgIpc) is 2.95. The summed E-state index contributed by atoms with van der Waals surface area (Å²) in [7, 11) is 4.03. The number of carbonyl (C=O) groups is 1. The molecular formula is C27H53NO12. The molecule has 0 fully saturated rings. The van der Waals surface area contributed by atoms with Crippen molar-refractivity contribution in [2.75, 3.05) is 159 Å². The Morgan fingerprint density at radius 3 is 0.900 bits per heavy atom.